The van der Waals surface area contributed by atoms with Gasteiger partial charge in [-0.1, -0.05) is 0 Å². The summed E-state index contributed by atoms with van der Waals surface area (Å²) in [5, 5.41) is 13.3. The van der Waals surface area contributed by atoms with Crippen LogP contribution in [0.4, 0.5) is 21.7 Å². The number of anilines is 3. The number of nitrogens with one attached hydrogen (secondary N) is 3. The van der Waals surface area contributed by atoms with Crippen molar-refractivity contribution in [3.8, 4) is 0 Å². The van der Waals surface area contributed by atoms with Crippen LogP contribution in [0.5, 0.6) is 0 Å². The zero-order chi connectivity index (χ0) is 20.8. The number of carbonyl (C=O) groups excluding carboxylic acids is 2. The summed E-state index contributed by atoms with van der Waals surface area (Å²) in [6.45, 7) is 1.70. The molecule has 0 atom stereocenters. The lowest BCUT2D eigenvalue weighted by Gasteiger charge is -2.12. The number of amides is 2. The smallest absolute Gasteiger partial charge is 0.254 e. The predicted octanol–water partition coefficient (Wildman–Crippen LogP) is 2.92. The van der Waals surface area contributed by atoms with E-state index in [0.717, 1.165) is 18.7 Å². The van der Waals surface area contributed by atoms with Crippen LogP contribution in [0.25, 0.3) is 11.7 Å². The minimum absolute atomic E-state index is 0.0378. The predicted molar refractivity (Wildman–Crippen MR) is 110 cm³/mol. The summed E-state index contributed by atoms with van der Waals surface area (Å²) < 4.78 is 15.3. The zero-order valence-electron chi connectivity index (χ0n) is 16.2. The van der Waals surface area contributed by atoms with Crippen LogP contribution >= 0.6 is 0 Å². The van der Waals surface area contributed by atoms with Gasteiger partial charge in [0.2, 0.25) is 5.91 Å². The van der Waals surface area contributed by atoms with Crippen molar-refractivity contribution in [1.29, 1.82) is 0 Å². The monoisotopic (exact) mass is 406 g/mol. The maximum Gasteiger partial charge on any atom is 0.254 e. The number of carbonyl (C=O) groups is 2. The Hall–Kier alpha value is -3.75. The van der Waals surface area contributed by atoms with Gasteiger partial charge in [-0.3, -0.25) is 14.9 Å². The second kappa shape index (κ2) is 6.94. The van der Waals surface area contributed by atoms with Crippen molar-refractivity contribution < 1.29 is 14.0 Å². The molecule has 8 nitrogen and oxygen atoms in total. The van der Waals surface area contributed by atoms with Gasteiger partial charge in [0.15, 0.2) is 5.65 Å². The van der Waals surface area contributed by atoms with Crippen LogP contribution in [0.2, 0.25) is 0 Å². The van der Waals surface area contributed by atoms with Crippen molar-refractivity contribution in [2.45, 2.75) is 32.2 Å². The molecule has 0 radical (unpaired) electrons. The molecule has 2 aromatic heterocycles. The average molecular weight is 406 g/mol. The molecule has 2 fully saturated rings. The quantitative estimate of drug-likeness (QED) is 0.445. The fourth-order valence-corrected chi connectivity index (χ4v) is 3.36. The van der Waals surface area contributed by atoms with E-state index < -0.39 is 5.91 Å². The molecule has 152 valence electrons. The van der Waals surface area contributed by atoms with Crippen LogP contribution in [0.15, 0.2) is 36.0 Å². The summed E-state index contributed by atoms with van der Waals surface area (Å²) in [7, 11) is 0. The van der Waals surface area contributed by atoms with Gasteiger partial charge in [-0.25, -0.2) is 9.37 Å². The summed E-state index contributed by atoms with van der Waals surface area (Å²) in [6.07, 6.45) is 5.47. The van der Waals surface area contributed by atoms with Crippen LogP contribution in [0, 0.1) is 12.7 Å². The largest absolute Gasteiger partial charge is 0.367 e. The molecule has 1 aromatic carbocycles. The normalized spacial score (nSPS) is 17.6. The molecule has 3 heterocycles. The fourth-order valence-electron chi connectivity index (χ4n) is 3.36. The number of benzene rings is 1. The van der Waals surface area contributed by atoms with Crippen molar-refractivity contribution in [3.05, 3.63) is 53.0 Å². The molecule has 2 aliphatic rings. The molecule has 1 aliphatic carbocycles. The number of halogens is 1. The molecule has 1 aliphatic heterocycles. The van der Waals surface area contributed by atoms with Crippen molar-refractivity contribution in [2.24, 2.45) is 0 Å². The maximum atomic E-state index is 13.6. The Balaban J connectivity index is 1.57. The number of aryl methyl sites for hydroxylation is 1. The van der Waals surface area contributed by atoms with E-state index in [0.29, 0.717) is 39.9 Å². The van der Waals surface area contributed by atoms with E-state index in [1.807, 2.05) is 6.07 Å². The van der Waals surface area contributed by atoms with Crippen LogP contribution in [0.1, 0.15) is 30.4 Å². The van der Waals surface area contributed by atoms with Crippen LogP contribution in [0.3, 0.4) is 0 Å². The van der Waals surface area contributed by atoms with E-state index in [4.69, 9.17) is 0 Å². The number of hydrogen-bond acceptors (Lipinski definition) is 6. The van der Waals surface area contributed by atoms with Gasteiger partial charge in [-0.2, -0.15) is 9.61 Å². The van der Waals surface area contributed by atoms with Crippen molar-refractivity contribution in [3.63, 3.8) is 0 Å². The lowest BCUT2D eigenvalue weighted by molar-refractivity contribution is -0.124. The lowest BCUT2D eigenvalue weighted by Crippen LogP contribution is -2.19. The van der Waals surface area contributed by atoms with Gasteiger partial charge in [0.1, 0.15) is 17.5 Å². The van der Waals surface area contributed by atoms with Gasteiger partial charge in [0.05, 0.1) is 12.6 Å². The van der Waals surface area contributed by atoms with Crippen LogP contribution < -0.4 is 16.0 Å². The highest BCUT2D eigenvalue weighted by atomic mass is 19.1. The zero-order valence-corrected chi connectivity index (χ0v) is 16.2. The lowest BCUT2D eigenvalue weighted by atomic mass is 10.1. The first kappa shape index (κ1) is 18.3. The number of rotatable bonds is 5. The highest BCUT2D eigenvalue weighted by Crippen LogP contribution is 2.29. The average Bonchev–Trinajstić information content (AvgIpc) is 3.34. The summed E-state index contributed by atoms with van der Waals surface area (Å²) in [5.74, 6) is 0.339. The standard InChI is InChI=1S/C21H19FN6O2/c1-11-6-15(4-5-16(11)22)24-17-9-18(25-14-2-3-14)28-20(26-17)13(10-23-28)7-12-8-19(29)27-21(12)30/h4-7,9-10,14,25H,2-3,8H2,1H3,(H,24,26)(H,27,29,30). The third kappa shape index (κ3) is 3.49. The van der Waals surface area contributed by atoms with Gasteiger partial charge < -0.3 is 10.6 Å². The van der Waals surface area contributed by atoms with Crippen molar-refractivity contribution >= 4 is 40.9 Å². The number of imide groups is 1. The van der Waals surface area contributed by atoms with Crippen molar-refractivity contribution in [1.82, 2.24) is 19.9 Å². The van der Waals surface area contributed by atoms with Crippen molar-refractivity contribution in [2.75, 3.05) is 10.6 Å². The third-order valence-corrected chi connectivity index (χ3v) is 5.08. The van der Waals surface area contributed by atoms with Crippen LogP contribution in [-0.4, -0.2) is 32.5 Å². The first-order valence-electron chi connectivity index (χ1n) is 9.69. The van der Waals surface area contributed by atoms with Gasteiger partial charge in [0, 0.05) is 28.9 Å². The highest BCUT2D eigenvalue weighted by Gasteiger charge is 2.25. The SMILES string of the molecule is Cc1cc(Nc2cc(NC3CC3)n3ncc(C=C4CC(=O)NC4=O)c3n2)ccc1F. The maximum absolute atomic E-state index is 13.6. The molecule has 0 spiro atoms. The molecular weight excluding hydrogens is 387 g/mol. The molecule has 1 saturated carbocycles. The highest BCUT2D eigenvalue weighted by molar-refractivity contribution is 6.15. The molecule has 9 heteroatoms. The van der Waals surface area contributed by atoms with Gasteiger partial charge in [-0.15, -0.1) is 0 Å². The fraction of sp³-hybridized carbons (Fsp3) is 0.238. The first-order chi connectivity index (χ1) is 14.5. The molecule has 0 bridgehead atoms. The summed E-state index contributed by atoms with van der Waals surface area (Å²) in [5.41, 5.74) is 2.79. The Labute approximate surface area is 171 Å². The first-order valence-corrected chi connectivity index (χ1v) is 9.69. The summed E-state index contributed by atoms with van der Waals surface area (Å²) in [4.78, 5) is 28.1. The minimum atomic E-state index is -0.397. The molecule has 3 N–H and O–H groups in total. The van der Waals surface area contributed by atoms with E-state index in [9.17, 15) is 14.0 Å². The second-order valence-electron chi connectivity index (χ2n) is 7.59. The second-order valence-corrected chi connectivity index (χ2v) is 7.59. The Bertz CT molecular complexity index is 1230. The van der Waals surface area contributed by atoms with Crippen LogP contribution in [-0.2, 0) is 9.59 Å². The minimum Gasteiger partial charge on any atom is -0.367 e. The van der Waals surface area contributed by atoms with E-state index in [2.05, 4.69) is 26.0 Å². The number of hydrogen-bond donors (Lipinski definition) is 3. The van der Waals surface area contributed by atoms with E-state index in [-0.39, 0.29) is 18.1 Å². The Morgan fingerprint density at radius 3 is 2.80 bits per heavy atom. The van der Waals surface area contributed by atoms with E-state index in [1.165, 1.54) is 6.07 Å². The molecule has 30 heavy (non-hydrogen) atoms. The Morgan fingerprint density at radius 1 is 1.27 bits per heavy atom. The summed E-state index contributed by atoms with van der Waals surface area (Å²) in [6, 6.07) is 7.00. The molecule has 3 aromatic rings. The Morgan fingerprint density at radius 2 is 2.10 bits per heavy atom. The van der Waals surface area contributed by atoms with Gasteiger partial charge in [-0.05, 0) is 49.6 Å². The topological polar surface area (TPSA) is 100 Å². The molecular formula is C21H19FN6O2. The molecule has 0 unspecified atom stereocenters. The number of nitrogens with zero attached hydrogens (tertiary/aromatic N) is 3. The summed E-state index contributed by atoms with van der Waals surface area (Å²) >= 11 is 0. The third-order valence-electron chi connectivity index (χ3n) is 5.08. The number of aromatic nitrogens is 3. The Kier molecular flexibility index (Phi) is 4.23. The van der Waals surface area contributed by atoms with E-state index >= 15 is 0 Å². The van der Waals surface area contributed by atoms with Gasteiger partial charge in [0.25, 0.3) is 5.91 Å². The molecule has 5 rings (SSSR count). The molecule has 2 amide bonds. The molecule has 1 saturated heterocycles. The van der Waals surface area contributed by atoms with E-state index in [1.54, 1.807) is 35.8 Å². The number of fused-ring (bicyclic) bond motifs is 1. The van der Waals surface area contributed by atoms with Gasteiger partial charge >= 0.3 is 0 Å².